The summed E-state index contributed by atoms with van der Waals surface area (Å²) in [6, 6.07) is 2.73. The molecule has 0 saturated carbocycles. The topological polar surface area (TPSA) is 85.2 Å². The third kappa shape index (κ3) is 2.90. The maximum atomic E-state index is 11.5. The molecule has 1 aromatic carbocycles. The molecule has 2 N–H and O–H groups in total. The Bertz CT molecular complexity index is 470. The average Bonchev–Trinajstić information content (AvgIpc) is 2.62. The van der Waals surface area contributed by atoms with Gasteiger partial charge in [-0.15, -0.1) is 0 Å². The standard InChI is InChI=1S/C13H16O6/c1-2-17-13(16)12(15)8-6-10-11(7-9(8)14)19-5-3-4-18-10/h6-7,12,14-15H,2-5H2,1H3. The Kier molecular flexibility index (Phi) is 4.11. The Morgan fingerprint density at radius 2 is 2.00 bits per heavy atom. The molecule has 104 valence electrons. The molecule has 6 nitrogen and oxygen atoms in total. The molecular weight excluding hydrogens is 252 g/mol. The lowest BCUT2D eigenvalue weighted by molar-refractivity contribution is -0.153. The SMILES string of the molecule is CCOC(=O)C(O)c1cc2c(cc1O)OCCCO2. The highest BCUT2D eigenvalue weighted by atomic mass is 16.5. The number of aliphatic hydroxyl groups excluding tert-OH is 1. The second-order valence-electron chi connectivity index (χ2n) is 4.06. The van der Waals surface area contributed by atoms with E-state index in [9.17, 15) is 15.0 Å². The summed E-state index contributed by atoms with van der Waals surface area (Å²) < 4.78 is 15.5. The minimum Gasteiger partial charge on any atom is -0.507 e. The van der Waals surface area contributed by atoms with Crippen LogP contribution in [-0.2, 0) is 9.53 Å². The van der Waals surface area contributed by atoms with E-state index >= 15 is 0 Å². The number of rotatable bonds is 3. The largest absolute Gasteiger partial charge is 0.507 e. The van der Waals surface area contributed by atoms with Crippen LogP contribution in [0.15, 0.2) is 12.1 Å². The van der Waals surface area contributed by atoms with E-state index in [0.717, 1.165) is 6.42 Å². The van der Waals surface area contributed by atoms with Crippen LogP contribution < -0.4 is 9.47 Å². The number of aliphatic hydroxyl groups is 1. The first kappa shape index (κ1) is 13.5. The van der Waals surface area contributed by atoms with Crippen LogP contribution in [-0.4, -0.2) is 36.0 Å². The summed E-state index contributed by atoms with van der Waals surface area (Å²) in [5.74, 6) is -0.249. The number of esters is 1. The monoisotopic (exact) mass is 268 g/mol. The highest BCUT2D eigenvalue weighted by molar-refractivity contribution is 5.77. The van der Waals surface area contributed by atoms with Crippen LogP contribution in [0.3, 0.4) is 0 Å². The number of hydrogen-bond acceptors (Lipinski definition) is 6. The van der Waals surface area contributed by atoms with Gasteiger partial charge in [-0.2, -0.15) is 0 Å². The summed E-state index contributed by atoms with van der Waals surface area (Å²) in [6.45, 7) is 2.76. The normalized spacial score (nSPS) is 15.5. The van der Waals surface area contributed by atoms with E-state index in [1.165, 1.54) is 12.1 Å². The molecule has 1 aliphatic rings. The molecule has 0 aliphatic carbocycles. The quantitative estimate of drug-likeness (QED) is 0.800. The van der Waals surface area contributed by atoms with Crippen molar-refractivity contribution in [1.29, 1.82) is 0 Å². The van der Waals surface area contributed by atoms with Crippen LogP contribution in [0, 0.1) is 0 Å². The molecule has 19 heavy (non-hydrogen) atoms. The molecule has 0 amide bonds. The molecule has 0 bridgehead atoms. The lowest BCUT2D eigenvalue weighted by atomic mass is 10.1. The number of phenolic OH excluding ortho intramolecular Hbond substituents is 1. The summed E-state index contributed by atoms with van der Waals surface area (Å²) in [6.07, 6.45) is -0.817. The van der Waals surface area contributed by atoms with Crippen molar-refractivity contribution < 1.29 is 29.2 Å². The number of ether oxygens (including phenoxy) is 3. The smallest absolute Gasteiger partial charge is 0.339 e. The van der Waals surface area contributed by atoms with Crippen LogP contribution in [0.25, 0.3) is 0 Å². The second kappa shape index (κ2) is 5.79. The lowest BCUT2D eigenvalue weighted by Gasteiger charge is -2.14. The number of phenols is 1. The zero-order valence-corrected chi connectivity index (χ0v) is 10.6. The molecule has 1 heterocycles. The van der Waals surface area contributed by atoms with Crippen molar-refractivity contribution in [3.8, 4) is 17.2 Å². The highest BCUT2D eigenvalue weighted by Crippen LogP contribution is 2.38. The number of aromatic hydroxyl groups is 1. The van der Waals surface area contributed by atoms with Gasteiger partial charge in [0, 0.05) is 18.1 Å². The van der Waals surface area contributed by atoms with Crippen molar-refractivity contribution in [1.82, 2.24) is 0 Å². The third-order valence-corrected chi connectivity index (χ3v) is 2.70. The number of carbonyl (C=O) groups excluding carboxylic acids is 1. The van der Waals surface area contributed by atoms with Crippen molar-refractivity contribution >= 4 is 5.97 Å². The summed E-state index contributed by atoms with van der Waals surface area (Å²) in [5, 5.41) is 19.7. The van der Waals surface area contributed by atoms with Crippen LogP contribution in [0.5, 0.6) is 17.2 Å². The first-order valence-corrected chi connectivity index (χ1v) is 6.10. The average molecular weight is 268 g/mol. The van der Waals surface area contributed by atoms with Crippen LogP contribution in [0.1, 0.15) is 25.0 Å². The van der Waals surface area contributed by atoms with E-state index in [1.54, 1.807) is 6.92 Å². The van der Waals surface area contributed by atoms with E-state index in [0.29, 0.717) is 24.7 Å². The van der Waals surface area contributed by atoms with Gasteiger partial charge in [0.25, 0.3) is 0 Å². The Morgan fingerprint density at radius 3 is 2.63 bits per heavy atom. The molecule has 1 aliphatic heterocycles. The minimum atomic E-state index is -1.54. The van der Waals surface area contributed by atoms with Crippen molar-refractivity contribution in [3.05, 3.63) is 17.7 Å². The van der Waals surface area contributed by atoms with Gasteiger partial charge in [0.1, 0.15) is 5.75 Å². The van der Waals surface area contributed by atoms with Crippen molar-refractivity contribution in [2.24, 2.45) is 0 Å². The van der Waals surface area contributed by atoms with E-state index < -0.39 is 12.1 Å². The van der Waals surface area contributed by atoms with Gasteiger partial charge in [-0.3, -0.25) is 0 Å². The molecule has 0 saturated heterocycles. The van der Waals surface area contributed by atoms with Gasteiger partial charge >= 0.3 is 5.97 Å². The molecule has 0 fully saturated rings. The van der Waals surface area contributed by atoms with Crippen LogP contribution in [0.2, 0.25) is 0 Å². The number of benzene rings is 1. The van der Waals surface area contributed by atoms with Crippen molar-refractivity contribution in [2.45, 2.75) is 19.4 Å². The Morgan fingerprint density at radius 1 is 1.37 bits per heavy atom. The molecule has 0 aromatic heterocycles. The fraction of sp³-hybridized carbons (Fsp3) is 0.462. The van der Waals surface area contributed by atoms with Gasteiger partial charge in [-0.1, -0.05) is 0 Å². The molecular formula is C13H16O6. The Hall–Kier alpha value is -1.95. The predicted octanol–water partition coefficient (Wildman–Crippen LogP) is 1.15. The number of fused-ring (bicyclic) bond motifs is 1. The van der Waals surface area contributed by atoms with Gasteiger partial charge in [-0.25, -0.2) is 4.79 Å². The Labute approximate surface area is 110 Å². The zero-order valence-electron chi connectivity index (χ0n) is 10.6. The van der Waals surface area contributed by atoms with E-state index in [4.69, 9.17) is 14.2 Å². The fourth-order valence-electron chi connectivity index (χ4n) is 1.78. The van der Waals surface area contributed by atoms with Crippen molar-refractivity contribution in [3.63, 3.8) is 0 Å². The maximum absolute atomic E-state index is 11.5. The number of hydrogen-bond donors (Lipinski definition) is 2. The van der Waals surface area contributed by atoms with Crippen LogP contribution in [0.4, 0.5) is 0 Å². The van der Waals surface area contributed by atoms with E-state index in [-0.39, 0.29) is 17.9 Å². The summed E-state index contributed by atoms with van der Waals surface area (Å²) >= 11 is 0. The first-order chi connectivity index (χ1) is 9.13. The minimum absolute atomic E-state index is 0.0442. The van der Waals surface area contributed by atoms with E-state index in [1.807, 2.05) is 0 Å². The molecule has 0 radical (unpaired) electrons. The van der Waals surface area contributed by atoms with E-state index in [2.05, 4.69) is 0 Å². The van der Waals surface area contributed by atoms with Gasteiger partial charge in [0.2, 0.25) is 0 Å². The number of carbonyl (C=O) groups is 1. The molecule has 2 rings (SSSR count). The zero-order chi connectivity index (χ0) is 13.8. The fourth-order valence-corrected chi connectivity index (χ4v) is 1.78. The Balaban J connectivity index is 2.31. The van der Waals surface area contributed by atoms with Crippen LogP contribution >= 0.6 is 0 Å². The summed E-state index contributed by atoms with van der Waals surface area (Å²) in [4.78, 5) is 11.5. The van der Waals surface area contributed by atoms with Crippen molar-refractivity contribution in [2.75, 3.05) is 19.8 Å². The molecule has 1 aromatic rings. The van der Waals surface area contributed by atoms with Gasteiger partial charge in [0.05, 0.1) is 19.8 Å². The van der Waals surface area contributed by atoms with Gasteiger partial charge in [0.15, 0.2) is 17.6 Å². The highest BCUT2D eigenvalue weighted by Gasteiger charge is 2.25. The predicted molar refractivity (Wildman–Crippen MR) is 65.3 cm³/mol. The summed E-state index contributed by atoms with van der Waals surface area (Å²) in [5.41, 5.74) is 0.0442. The molecule has 0 spiro atoms. The third-order valence-electron chi connectivity index (χ3n) is 2.70. The maximum Gasteiger partial charge on any atom is 0.339 e. The molecule has 1 unspecified atom stereocenters. The molecule has 1 atom stereocenters. The van der Waals surface area contributed by atoms with Gasteiger partial charge < -0.3 is 24.4 Å². The van der Waals surface area contributed by atoms with Gasteiger partial charge in [-0.05, 0) is 13.0 Å². The summed E-state index contributed by atoms with van der Waals surface area (Å²) in [7, 11) is 0. The molecule has 6 heteroatoms. The first-order valence-electron chi connectivity index (χ1n) is 6.10. The second-order valence-corrected chi connectivity index (χ2v) is 4.06. The lowest BCUT2D eigenvalue weighted by Crippen LogP contribution is -2.15.